The summed E-state index contributed by atoms with van der Waals surface area (Å²) in [6.07, 6.45) is 0. The van der Waals surface area contributed by atoms with Gasteiger partial charge < -0.3 is 10.4 Å². The van der Waals surface area contributed by atoms with E-state index in [2.05, 4.69) is 10.3 Å². The van der Waals surface area contributed by atoms with Crippen LogP contribution in [0.1, 0.15) is 44.9 Å². The lowest BCUT2D eigenvalue weighted by atomic mass is 9.91. The number of nitrogens with zero attached hydrogens (tertiary/aromatic N) is 1. The molecule has 0 saturated heterocycles. The van der Waals surface area contributed by atoms with Crippen molar-refractivity contribution in [2.24, 2.45) is 4.99 Å². The van der Waals surface area contributed by atoms with Gasteiger partial charge in [0.05, 0.1) is 17.4 Å². The molecule has 21 heavy (non-hydrogen) atoms. The van der Waals surface area contributed by atoms with Gasteiger partial charge in [-0.15, -0.1) is 0 Å². The third-order valence-electron chi connectivity index (χ3n) is 3.36. The lowest BCUT2D eigenvalue weighted by Crippen LogP contribution is -2.41. The van der Waals surface area contributed by atoms with Gasteiger partial charge in [0.25, 0.3) is 0 Å². The topological polar surface area (TPSA) is 44.6 Å². The first kappa shape index (κ1) is 17.5. The lowest BCUT2D eigenvalue weighted by molar-refractivity contribution is -0.170. The normalized spacial score (nSPS) is 15.0. The Hall–Kier alpha value is -1.56. The molecular formula is C15H21F3N2O. The second-order valence-corrected chi connectivity index (χ2v) is 5.52. The van der Waals surface area contributed by atoms with Crippen molar-refractivity contribution in [3.8, 4) is 0 Å². The summed E-state index contributed by atoms with van der Waals surface area (Å²) >= 11 is 0. The molecule has 0 aliphatic heterocycles. The number of aliphatic imine (C=N–C) groups is 1. The van der Waals surface area contributed by atoms with E-state index in [1.54, 1.807) is 20.9 Å². The van der Waals surface area contributed by atoms with Gasteiger partial charge in [0.15, 0.2) is 0 Å². The van der Waals surface area contributed by atoms with E-state index in [1.165, 1.54) is 12.1 Å². The number of rotatable bonds is 4. The molecule has 0 bridgehead atoms. The standard InChI is InChI=1S/C15H21F3N2O/c1-9(20-10(2)19-5)11-7-6-8-12(13(11)16)15(17,18)14(3,4)21/h6-9,21H,1-5H3,(H,19,20)/t9-/m1/s1. The Morgan fingerprint density at radius 3 is 2.38 bits per heavy atom. The van der Waals surface area contributed by atoms with Crippen molar-refractivity contribution >= 4 is 5.84 Å². The Morgan fingerprint density at radius 2 is 1.90 bits per heavy atom. The smallest absolute Gasteiger partial charge is 0.303 e. The number of alkyl halides is 2. The van der Waals surface area contributed by atoms with Crippen LogP contribution < -0.4 is 5.32 Å². The molecule has 3 nitrogen and oxygen atoms in total. The van der Waals surface area contributed by atoms with Gasteiger partial charge in [-0.1, -0.05) is 12.1 Å². The zero-order valence-electron chi connectivity index (χ0n) is 12.8. The SMILES string of the molecule is CN=C(C)N[C@H](C)c1cccc(C(F)(F)C(C)(C)O)c1F. The van der Waals surface area contributed by atoms with E-state index in [1.807, 2.05) is 0 Å². The largest absolute Gasteiger partial charge is 0.384 e. The number of nitrogens with one attached hydrogen (secondary N) is 1. The molecule has 0 amide bonds. The van der Waals surface area contributed by atoms with E-state index in [0.29, 0.717) is 5.84 Å². The molecule has 1 aromatic rings. The summed E-state index contributed by atoms with van der Waals surface area (Å²) in [7, 11) is 1.57. The minimum atomic E-state index is -3.69. The quantitative estimate of drug-likeness (QED) is 0.661. The van der Waals surface area contributed by atoms with Gasteiger partial charge in [0.2, 0.25) is 0 Å². The Balaban J connectivity index is 3.27. The van der Waals surface area contributed by atoms with Crippen LogP contribution in [0, 0.1) is 5.82 Å². The molecule has 0 fully saturated rings. The average Bonchev–Trinajstić information content (AvgIpc) is 2.36. The van der Waals surface area contributed by atoms with Gasteiger partial charge in [0, 0.05) is 12.6 Å². The zero-order chi connectivity index (χ0) is 16.4. The highest BCUT2D eigenvalue weighted by atomic mass is 19.3. The first-order valence-electron chi connectivity index (χ1n) is 6.61. The van der Waals surface area contributed by atoms with Crippen molar-refractivity contribution in [2.75, 3.05) is 7.05 Å². The number of benzene rings is 1. The summed E-state index contributed by atoms with van der Waals surface area (Å²) in [5, 5.41) is 12.5. The van der Waals surface area contributed by atoms with E-state index < -0.39 is 28.9 Å². The summed E-state index contributed by atoms with van der Waals surface area (Å²) in [6, 6.07) is 3.25. The van der Waals surface area contributed by atoms with Gasteiger partial charge >= 0.3 is 5.92 Å². The van der Waals surface area contributed by atoms with Gasteiger partial charge in [-0.25, -0.2) is 4.39 Å². The highest BCUT2D eigenvalue weighted by Gasteiger charge is 2.49. The van der Waals surface area contributed by atoms with E-state index in [-0.39, 0.29) is 5.56 Å². The second-order valence-electron chi connectivity index (χ2n) is 5.52. The maximum atomic E-state index is 14.4. The summed E-state index contributed by atoms with van der Waals surface area (Å²) in [5.41, 5.74) is -3.07. The highest BCUT2D eigenvalue weighted by molar-refractivity contribution is 5.79. The van der Waals surface area contributed by atoms with Crippen molar-refractivity contribution in [2.45, 2.75) is 45.3 Å². The number of hydrogen-bond donors (Lipinski definition) is 2. The fraction of sp³-hybridized carbons (Fsp3) is 0.533. The Labute approximate surface area is 122 Å². The molecule has 0 spiro atoms. The van der Waals surface area contributed by atoms with E-state index >= 15 is 0 Å². The Kier molecular flexibility index (Phi) is 5.04. The fourth-order valence-electron chi connectivity index (χ4n) is 1.91. The third kappa shape index (κ3) is 3.56. The summed E-state index contributed by atoms with van der Waals surface area (Å²) in [6.45, 7) is 5.26. The van der Waals surface area contributed by atoms with Gasteiger partial charge in [-0.2, -0.15) is 8.78 Å². The van der Waals surface area contributed by atoms with E-state index in [4.69, 9.17) is 0 Å². The second kappa shape index (κ2) is 6.05. The summed E-state index contributed by atoms with van der Waals surface area (Å²) in [5.74, 6) is -4.14. The van der Waals surface area contributed by atoms with Crippen molar-refractivity contribution in [3.05, 3.63) is 35.1 Å². The molecular weight excluding hydrogens is 281 g/mol. The predicted molar refractivity (Wildman–Crippen MR) is 77.2 cm³/mol. The number of halogens is 3. The summed E-state index contributed by atoms with van der Waals surface area (Å²) in [4.78, 5) is 3.89. The maximum absolute atomic E-state index is 14.4. The molecule has 118 valence electrons. The third-order valence-corrected chi connectivity index (χ3v) is 3.36. The van der Waals surface area contributed by atoms with Crippen LogP contribution >= 0.6 is 0 Å². The number of aliphatic hydroxyl groups is 1. The van der Waals surface area contributed by atoms with Crippen molar-refractivity contribution in [1.82, 2.24) is 5.32 Å². The molecule has 0 aliphatic rings. The average molecular weight is 302 g/mol. The molecule has 1 aromatic carbocycles. The fourth-order valence-corrected chi connectivity index (χ4v) is 1.91. The molecule has 0 radical (unpaired) electrons. The monoisotopic (exact) mass is 302 g/mol. The van der Waals surface area contributed by atoms with Crippen LogP contribution in [0.4, 0.5) is 13.2 Å². The minimum Gasteiger partial charge on any atom is -0.384 e. The molecule has 0 aliphatic carbocycles. The molecule has 1 atom stereocenters. The van der Waals surface area contributed by atoms with Gasteiger partial charge in [-0.05, 0) is 33.8 Å². The molecule has 0 aromatic heterocycles. The molecule has 0 unspecified atom stereocenters. The number of amidine groups is 1. The van der Waals surface area contributed by atoms with Gasteiger partial charge in [-0.3, -0.25) is 4.99 Å². The van der Waals surface area contributed by atoms with Crippen molar-refractivity contribution in [3.63, 3.8) is 0 Å². The van der Waals surface area contributed by atoms with E-state index in [0.717, 1.165) is 19.9 Å². The van der Waals surface area contributed by atoms with Crippen LogP contribution in [0.15, 0.2) is 23.2 Å². The Bertz CT molecular complexity index is 536. The number of hydrogen-bond acceptors (Lipinski definition) is 2. The lowest BCUT2D eigenvalue weighted by Gasteiger charge is -2.30. The summed E-state index contributed by atoms with van der Waals surface area (Å²) < 4.78 is 42.8. The Morgan fingerprint density at radius 1 is 1.33 bits per heavy atom. The van der Waals surface area contributed by atoms with Crippen molar-refractivity contribution < 1.29 is 18.3 Å². The highest BCUT2D eigenvalue weighted by Crippen LogP contribution is 2.41. The van der Waals surface area contributed by atoms with E-state index in [9.17, 15) is 18.3 Å². The molecule has 0 saturated carbocycles. The van der Waals surface area contributed by atoms with Crippen LogP contribution in [-0.4, -0.2) is 23.6 Å². The first-order valence-corrected chi connectivity index (χ1v) is 6.61. The minimum absolute atomic E-state index is 0.0967. The van der Waals surface area contributed by atoms with Crippen LogP contribution in [0.5, 0.6) is 0 Å². The maximum Gasteiger partial charge on any atom is 0.303 e. The van der Waals surface area contributed by atoms with Crippen LogP contribution in [-0.2, 0) is 5.92 Å². The molecule has 2 N–H and O–H groups in total. The van der Waals surface area contributed by atoms with Crippen molar-refractivity contribution in [1.29, 1.82) is 0 Å². The molecule has 6 heteroatoms. The molecule has 1 rings (SSSR count). The zero-order valence-corrected chi connectivity index (χ0v) is 12.8. The van der Waals surface area contributed by atoms with Crippen LogP contribution in [0.3, 0.4) is 0 Å². The van der Waals surface area contributed by atoms with Crippen LogP contribution in [0.2, 0.25) is 0 Å². The predicted octanol–water partition coefficient (Wildman–Crippen LogP) is 3.39. The first-order chi connectivity index (χ1) is 9.52. The van der Waals surface area contributed by atoms with Gasteiger partial charge in [0.1, 0.15) is 11.4 Å². The van der Waals surface area contributed by atoms with Crippen LogP contribution in [0.25, 0.3) is 0 Å². The molecule has 0 heterocycles.